The Bertz CT molecular complexity index is 817. The van der Waals surface area contributed by atoms with Gasteiger partial charge in [0, 0.05) is 24.5 Å². The molecule has 0 atom stereocenters. The molecule has 4 nitrogen and oxygen atoms in total. The highest BCUT2D eigenvalue weighted by atomic mass is 16.1. The second-order valence-electron chi connectivity index (χ2n) is 5.12. The average molecular weight is 303 g/mol. The molecular weight excluding hydrogens is 286 g/mol. The van der Waals surface area contributed by atoms with Gasteiger partial charge in [-0.2, -0.15) is 0 Å². The number of aromatic nitrogens is 1. The van der Waals surface area contributed by atoms with Gasteiger partial charge < -0.3 is 9.88 Å². The molecule has 0 aliphatic rings. The molecule has 0 unspecified atom stereocenters. The van der Waals surface area contributed by atoms with Crippen molar-refractivity contribution in [3.63, 3.8) is 0 Å². The summed E-state index contributed by atoms with van der Waals surface area (Å²) in [7, 11) is 0. The predicted octanol–water partition coefficient (Wildman–Crippen LogP) is 4.19. The average Bonchev–Trinajstić information content (AvgIpc) is 3.03. The normalized spacial score (nSPS) is 10.8. The lowest BCUT2D eigenvalue weighted by molar-refractivity contribution is -0.114. The Hall–Kier alpha value is -3.14. The van der Waals surface area contributed by atoms with Crippen LogP contribution in [0.25, 0.3) is 5.69 Å². The van der Waals surface area contributed by atoms with E-state index in [0.29, 0.717) is 0 Å². The molecule has 23 heavy (non-hydrogen) atoms. The molecule has 0 aliphatic heterocycles. The molecule has 2 aromatic carbocycles. The molecule has 3 aromatic rings. The van der Waals surface area contributed by atoms with Crippen LogP contribution in [0.15, 0.2) is 77.9 Å². The minimum absolute atomic E-state index is 0.0815. The summed E-state index contributed by atoms with van der Waals surface area (Å²) in [4.78, 5) is 15.5. The van der Waals surface area contributed by atoms with Crippen LogP contribution < -0.4 is 5.32 Å². The number of hydrogen-bond acceptors (Lipinski definition) is 2. The van der Waals surface area contributed by atoms with E-state index < -0.39 is 0 Å². The SMILES string of the molecule is CC(=O)Nc1ccc(N=Cc2cccn2-c2ccccc2)cc1. The lowest BCUT2D eigenvalue weighted by atomic mass is 10.3. The van der Waals surface area contributed by atoms with Crippen LogP contribution in [-0.2, 0) is 4.79 Å². The summed E-state index contributed by atoms with van der Waals surface area (Å²) in [5.41, 5.74) is 3.70. The van der Waals surface area contributed by atoms with Crippen LogP contribution in [-0.4, -0.2) is 16.7 Å². The van der Waals surface area contributed by atoms with Crippen molar-refractivity contribution >= 4 is 23.5 Å². The fourth-order valence-electron chi connectivity index (χ4n) is 2.30. The lowest BCUT2D eigenvalue weighted by Crippen LogP contribution is -2.04. The van der Waals surface area contributed by atoms with Crippen LogP contribution in [0.5, 0.6) is 0 Å². The zero-order valence-corrected chi connectivity index (χ0v) is 12.8. The second kappa shape index (κ2) is 6.75. The summed E-state index contributed by atoms with van der Waals surface area (Å²) >= 11 is 0. The maximum Gasteiger partial charge on any atom is 0.221 e. The van der Waals surface area contributed by atoms with Crippen molar-refractivity contribution in [2.75, 3.05) is 5.32 Å². The Balaban J connectivity index is 1.79. The van der Waals surface area contributed by atoms with Gasteiger partial charge in [0.05, 0.1) is 17.6 Å². The van der Waals surface area contributed by atoms with Crippen molar-refractivity contribution in [3.05, 3.63) is 78.6 Å². The monoisotopic (exact) mass is 303 g/mol. The summed E-state index contributed by atoms with van der Waals surface area (Å²) in [6, 6.07) is 21.6. The molecule has 0 bridgehead atoms. The second-order valence-corrected chi connectivity index (χ2v) is 5.12. The number of rotatable bonds is 4. The third-order valence-electron chi connectivity index (χ3n) is 3.35. The zero-order valence-electron chi connectivity index (χ0n) is 12.8. The summed E-state index contributed by atoms with van der Waals surface area (Å²) in [6.07, 6.45) is 3.84. The maximum absolute atomic E-state index is 11.0. The molecule has 0 saturated carbocycles. The van der Waals surface area contributed by atoms with Crippen molar-refractivity contribution in [1.82, 2.24) is 4.57 Å². The number of anilines is 1. The van der Waals surface area contributed by atoms with Crippen LogP contribution in [0, 0.1) is 0 Å². The smallest absolute Gasteiger partial charge is 0.221 e. The van der Waals surface area contributed by atoms with E-state index in [9.17, 15) is 4.79 Å². The number of aliphatic imine (C=N–C) groups is 1. The Kier molecular flexibility index (Phi) is 4.34. The minimum Gasteiger partial charge on any atom is -0.326 e. The Labute approximate surface area is 135 Å². The molecule has 1 N–H and O–H groups in total. The van der Waals surface area contributed by atoms with Crippen LogP contribution in [0.3, 0.4) is 0 Å². The molecular formula is C19H17N3O. The fraction of sp³-hybridized carbons (Fsp3) is 0.0526. The van der Waals surface area contributed by atoms with Crippen molar-refractivity contribution in [2.24, 2.45) is 4.99 Å². The molecule has 0 saturated heterocycles. The number of carbonyl (C=O) groups excluding carboxylic acids is 1. The Morgan fingerprint density at radius 1 is 1.00 bits per heavy atom. The molecule has 0 radical (unpaired) electrons. The quantitative estimate of drug-likeness (QED) is 0.722. The standard InChI is InChI=1S/C19H17N3O/c1-15(23)21-17-11-9-16(10-12-17)20-14-19-8-5-13-22(19)18-6-3-2-4-7-18/h2-14H,1H3,(H,21,23). The molecule has 1 aromatic heterocycles. The van der Waals surface area contributed by atoms with Crippen LogP contribution in [0.1, 0.15) is 12.6 Å². The van der Waals surface area contributed by atoms with Crippen molar-refractivity contribution < 1.29 is 4.79 Å². The topological polar surface area (TPSA) is 46.4 Å². The highest BCUT2D eigenvalue weighted by Gasteiger charge is 2.00. The van der Waals surface area contributed by atoms with E-state index in [1.807, 2.05) is 67.0 Å². The number of benzene rings is 2. The van der Waals surface area contributed by atoms with Crippen molar-refractivity contribution in [3.8, 4) is 5.69 Å². The zero-order chi connectivity index (χ0) is 16.1. The molecule has 0 spiro atoms. The van der Waals surface area contributed by atoms with Crippen molar-refractivity contribution in [2.45, 2.75) is 6.92 Å². The Morgan fingerprint density at radius 2 is 1.74 bits per heavy atom. The highest BCUT2D eigenvalue weighted by Crippen LogP contribution is 2.17. The van der Waals surface area contributed by atoms with E-state index in [-0.39, 0.29) is 5.91 Å². The first-order valence-electron chi connectivity index (χ1n) is 7.37. The van der Waals surface area contributed by atoms with Crippen LogP contribution in [0.4, 0.5) is 11.4 Å². The fourth-order valence-corrected chi connectivity index (χ4v) is 2.30. The van der Waals surface area contributed by atoms with Gasteiger partial charge in [-0.25, -0.2) is 0 Å². The van der Waals surface area contributed by atoms with Crippen LogP contribution in [0.2, 0.25) is 0 Å². The van der Waals surface area contributed by atoms with Gasteiger partial charge in [0.2, 0.25) is 5.91 Å². The van der Waals surface area contributed by atoms with E-state index >= 15 is 0 Å². The number of amides is 1. The van der Waals surface area contributed by atoms with E-state index in [0.717, 1.165) is 22.8 Å². The molecule has 0 fully saturated rings. The summed E-state index contributed by atoms with van der Waals surface area (Å²) in [6.45, 7) is 1.49. The minimum atomic E-state index is -0.0815. The van der Waals surface area contributed by atoms with Gasteiger partial charge in [-0.15, -0.1) is 0 Å². The maximum atomic E-state index is 11.0. The molecule has 1 heterocycles. The van der Waals surface area contributed by atoms with Crippen molar-refractivity contribution in [1.29, 1.82) is 0 Å². The molecule has 4 heteroatoms. The van der Waals surface area contributed by atoms with E-state index in [2.05, 4.69) is 27.0 Å². The largest absolute Gasteiger partial charge is 0.326 e. The number of para-hydroxylation sites is 1. The lowest BCUT2D eigenvalue weighted by Gasteiger charge is -2.05. The number of carbonyl (C=O) groups is 1. The first-order chi connectivity index (χ1) is 11.2. The van der Waals surface area contributed by atoms with E-state index in [1.165, 1.54) is 6.92 Å². The van der Waals surface area contributed by atoms with E-state index in [1.54, 1.807) is 0 Å². The van der Waals surface area contributed by atoms with E-state index in [4.69, 9.17) is 0 Å². The molecule has 114 valence electrons. The number of hydrogen-bond donors (Lipinski definition) is 1. The molecule has 1 amide bonds. The van der Waals surface area contributed by atoms with Gasteiger partial charge >= 0.3 is 0 Å². The third-order valence-corrected chi connectivity index (χ3v) is 3.35. The highest BCUT2D eigenvalue weighted by molar-refractivity contribution is 5.89. The first-order valence-corrected chi connectivity index (χ1v) is 7.37. The predicted molar refractivity (Wildman–Crippen MR) is 93.8 cm³/mol. The summed E-state index contributed by atoms with van der Waals surface area (Å²) in [5, 5.41) is 2.74. The van der Waals surface area contributed by atoms with Crippen LogP contribution >= 0.6 is 0 Å². The summed E-state index contributed by atoms with van der Waals surface area (Å²) < 4.78 is 2.08. The first kappa shape index (κ1) is 14.8. The number of nitrogens with one attached hydrogen (secondary N) is 1. The number of nitrogens with zero attached hydrogens (tertiary/aromatic N) is 2. The van der Waals surface area contributed by atoms with Gasteiger partial charge in [-0.05, 0) is 48.5 Å². The van der Waals surface area contributed by atoms with Gasteiger partial charge in [-0.1, -0.05) is 18.2 Å². The van der Waals surface area contributed by atoms with Gasteiger partial charge in [-0.3, -0.25) is 9.79 Å². The van der Waals surface area contributed by atoms with Gasteiger partial charge in [0.25, 0.3) is 0 Å². The summed E-state index contributed by atoms with van der Waals surface area (Å²) in [5.74, 6) is -0.0815. The molecule has 3 rings (SSSR count). The van der Waals surface area contributed by atoms with Gasteiger partial charge in [0.1, 0.15) is 0 Å². The third kappa shape index (κ3) is 3.74. The Morgan fingerprint density at radius 3 is 2.43 bits per heavy atom. The van der Waals surface area contributed by atoms with Gasteiger partial charge in [0.15, 0.2) is 0 Å². The molecule has 0 aliphatic carbocycles.